The minimum atomic E-state index is -1.04. The Morgan fingerprint density at radius 3 is 2.55 bits per heavy atom. The van der Waals surface area contributed by atoms with Gasteiger partial charge in [-0.05, 0) is 56.2 Å². The molecule has 0 bridgehead atoms. The number of rotatable bonds is 8. The number of unbranched alkanes of at least 4 members (excludes halogenated alkanes) is 1. The number of aromatic amines is 1. The van der Waals surface area contributed by atoms with Crippen LogP contribution >= 0.6 is 0 Å². The number of aromatic nitrogens is 4. The van der Waals surface area contributed by atoms with Crippen LogP contribution in [0.25, 0.3) is 27.6 Å². The SMILES string of the molecule is C[C@]1(c2nc3cc(F)c(F)cc3[nH]2)CC(c2ccc3c(=O)n(-c4ccc(F)cc4)c(CCCCC(=O)O)nc3c2)=NO1. The van der Waals surface area contributed by atoms with E-state index in [0.717, 1.165) is 12.1 Å². The summed E-state index contributed by atoms with van der Waals surface area (Å²) in [5, 5.41) is 13.6. The number of halogens is 3. The second-order valence-electron chi connectivity index (χ2n) is 10.4. The molecular weight excluding hydrogens is 551 g/mol. The average molecular weight is 576 g/mol. The number of carboxylic acids is 1. The molecule has 0 saturated carbocycles. The molecule has 3 heterocycles. The predicted octanol–water partition coefficient (Wildman–Crippen LogP) is 5.52. The first-order chi connectivity index (χ1) is 20.1. The molecule has 0 radical (unpaired) electrons. The monoisotopic (exact) mass is 575 g/mol. The van der Waals surface area contributed by atoms with Crippen molar-refractivity contribution >= 4 is 33.6 Å². The number of hydrogen-bond acceptors (Lipinski definition) is 6. The van der Waals surface area contributed by atoms with Crippen molar-refractivity contribution in [1.29, 1.82) is 0 Å². The Hall–Kier alpha value is -5.00. The zero-order valence-electron chi connectivity index (χ0n) is 22.3. The van der Waals surface area contributed by atoms with Crippen LogP contribution < -0.4 is 5.56 Å². The zero-order chi connectivity index (χ0) is 29.6. The fourth-order valence-corrected chi connectivity index (χ4v) is 5.07. The molecule has 0 saturated heterocycles. The summed E-state index contributed by atoms with van der Waals surface area (Å²) in [6.07, 6.45) is 1.48. The van der Waals surface area contributed by atoms with Crippen molar-refractivity contribution in [2.75, 3.05) is 0 Å². The molecule has 1 aliphatic heterocycles. The third-order valence-electron chi connectivity index (χ3n) is 7.28. The van der Waals surface area contributed by atoms with Crippen LogP contribution in [0.2, 0.25) is 0 Å². The highest BCUT2D eigenvalue weighted by Crippen LogP contribution is 2.36. The minimum Gasteiger partial charge on any atom is -0.481 e. The number of H-pyrrole nitrogens is 1. The fraction of sp³-hybridized carbons (Fsp3) is 0.233. The first-order valence-corrected chi connectivity index (χ1v) is 13.3. The number of nitrogens with zero attached hydrogens (tertiary/aromatic N) is 4. The Bertz CT molecular complexity index is 1910. The summed E-state index contributed by atoms with van der Waals surface area (Å²) >= 11 is 0. The van der Waals surface area contributed by atoms with Gasteiger partial charge >= 0.3 is 5.97 Å². The second kappa shape index (κ2) is 10.4. The number of benzene rings is 3. The Morgan fingerprint density at radius 1 is 1.02 bits per heavy atom. The number of carbonyl (C=O) groups is 1. The molecule has 12 heteroatoms. The summed E-state index contributed by atoms with van der Waals surface area (Å²) < 4.78 is 42.4. The van der Waals surface area contributed by atoms with Crippen LogP contribution in [0.1, 0.15) is 49.8 Å². The van der Waals surface area contributed by atoms with Crippen molar-refractivity contribution < 1.29 is 27.9 Å². The second-order valence-corrected chi connectivity index (χ2v) is 10.4. The summed E-state index contributed by atoms with van der Waals surface area (Å²) in [5.41, 5.74) is 1.27. The van der Waals surface area contributed by atoms with E-state index in [1.165, 1.54) is 28.8 Å². The lowest BCUT2D eigenvalue weighted by atomic mass is 9.95. The minimum absolute atomic E-state index is 0.00773. The quantitative estimate of drug-likeness (QED) is 0.235. The summed E-state index contributed by atoms with van der Waals surface area (Å²) in [4.78, 5) is 42.5. The maximum atomic E-state index is 13.7. The number of hydrogen-bond donors (Lipinski definition) is 2. The fourth-order valence-electron chi connectivity index (χ4n) is 5.07. The smallest absolute Gasteiger partial charge is 0.303 e. The van der Waals surface area contributed by atoms with E-state index in [1.54, 1.807) is 25.1 Å². The summed E-state index contributed by atoms with van der Waals surface area (Å²) in [5.74, 6) is -2.57. The molecule has 0 fully saturated rings. The third-order valence-corrected chi connectivity index (χ3v) is 7.28. The van der Waals surface area contributed by atoms with Crippen LogP contribution in [0.5, 0.6) is 0 Å². The van der Waals surface area contributed by atoms with Crippen LogP contribution in [-0.2, 0) is 21.7 Å². The van der Waals surface area contributed by atoms with Crippen LogP contribution in [0.3, 0.4) is 0 Å². The highest BCUT2D eigenvalue weighted by atomic mass is 19.2. The van der Waals surface area contributed by atoms with Crippen molar-refractivity contribution in [3.63, 3.8) is 0 Å². The van der Waals surface area contributed by atoms with Gasteiger partial charge in [0.2, 0.25) is 0 Å². The van der Waals surface area contributed by atoms with Gasteiger partial charge in [0.05, 0.1) is 33.3 Å². The number of aliphatic carboxylic acids is 1. The van der Waals surface area contributed by atoms with Gasteiger partial charge in [-0.3, -0.25) is 14.2 Å². The molecule has 0 unspecified atom stereocenters. The van der Waals surface area contributed by atoms with E-state index >= 15 is 0 Å². The molecule has 5 aromatic rings. The Balaban J connectivity index is 1.34. The molecule has 2 aromatic heterocycles. The van der Waals surface area contributed by atoms with Crippen LogP contribution in [0.4, 0.5) is 13.2 Å². The lowest BCUT2D eigenvalue weighted by Gasteiger charge is -2.18. The Morgan fingerprint density at radius 2 is 1.79 bits per heavy atom. The van der Waals surface area contributed by atoms with E-state index < -0.39 is 29.0 Å². The first-order valence-electron chi connectivity index (χ1n) is 13.3. The van der Waals surface area contributed by atoms with Gasteiger partial charge < -0.3 is 14.9 Å². The van der Waals surface area contributed by atoms with Gasteiger partial charge in [-0.25, -0.2) is 23.1 Å². The van der Waals surface area contributed by atoms with E-state index in [0.29, 0.717) is 64.3 Å². The van der Waals surface area contributed by atoms with Gasteiger partial charge in [0.1, 0.15) is 11.6 Å². The Labute approximate surface area is 236 Å². The number of imidazole rings is 1. The van der Waals surface area contributed by atoms with E-state index in [9.17, 15) is 22.8 Å². The van der Waals surface area contributed by atoms with Gasteiger partial charge in [-0.1, -0.05) is 11.2 Å². The standard InChI is InChI=1S/C30H24F3N5O4/c1-30(29-35-23-13-20(32)21(33)14-24(23)36-29)15-25(37-42-30)16-6-11-19-22(12-16)34-26(4-2-3-5-27(39)40)38(28(19)41)18-9-7-17(31)8-10-18/h6-14H,2-5,15H2,1H3,(H,35,36)(H,39,40)/t30-/m1/s1. The Kier molecular flexibility index (Phi) is 6.76. The molecule has 0 spiro atoms. The number of carboxylic acid groups (broad SMARTS) is 1. The zero-order valence-corrected chi connectivity index (χ0v) is 22.3. The maximum Gasteiger partial charge on any atom is 0.303 e. The molecule has 42 heavy (non-hydrogen) atoms. The largest absolute Gasteiger partial charge is 0.481 e. The van der Waals surface area contributed by atoms with Crippen molar-refractivity contribution in [3.8, 4) is 5.69 Å². The molecule has 0 amide bonds. The summed E-state index contributed by atoms with van der Waals surface area (Å²) in [6.45, 7) is 1.75. The number of aryl methyl sites for hydroxylation is 1. The van der Waals surface area contributed by atoms with Gasteiger partial charge in [0.15, 0.2) is 23.1 Å². The lowest BCUT2D eigenvalue weighted by Crippen LogP contribution is -2.25. The molecule has 1 atom stereocenters. The van der Waals surface area contributed by atoms with Crippen molar-refractivity contribution in [3.05, 3.63) is 99.6 Å². The normalized spacial score (nSPS) is 16.6. The van der Waals surface area contributed by atoms with E-state index in [-0.39, 0.29) is 23.9 Å². The molecule has 3 aromatic carbocycles. The molecule has 9 nitrogen and oxygen atoms in total. The van der Waals surface area contributed by atoms with Gasteiger partial charge in [0.25, 0.3) is 5.56 Å². The van der Waals surface area contributed by atoms with E-state index in [4.69, 9.17) is 14.9 Å². The summed E-state index contributed by atoms with van der Waals surface area (Å²) in [6, 6.07) is 12.6. The number of oxime groups is 1. The van der Waals surface area contributed by atoms with Crippen molar-refractivity contribution in [1.82, 2.24) is 19.5 Å². The molecule has 6 rings (SSSR count). The first kappa shape index (κ1) is 27.2. The van der Waals surface area contributed by atoms with Crippen LogP contribution in [0, 0.1) is 17.5 Å². The number of nitrogens with one attached hydrogen (secondary N) is 1. The molecular formula is C30H24F3N5O4. The maximum absolute atomic E-state index is 13.7. The lowest BCUT2D eigenvalue weighted by molar-refractivity contribution is -0.137. The summed E-state index contributed by atoms with van der Waals surface area (Å²) in [7, 11) is 0. The van der Waals surface area contributed by atoms with Crippen molar-refractivity contribution in [2.45, 2.75) is 44.6 Å². The van der Waals surface area contributed by atoms with Gasteiger partial charge in [0, 0.05) is 37.0 Å². The van der Waals surface area contributed by atoms with E-state index in [2.05, 4.69) is 15.1 Å². The average Bonchev–Trinajstić information content (AvgIpc) is 3.56. The highest BCUT2D eigenvalue weighted by Gasteiger charge is 2.40. The van der Waals surface area contributed by atoms with Gasteiger partial charge in [-0.2, -0.15) is 0 Å². The van der Waals surface area contributed by atoms with Crippen LogP contribution in [0.15, 0.2) is 64.5 Å². The van der Waals surface area contributed by atoms with Crippen LogP contribution in [-0.4, -0.2) is 36.3 Å². The molecule has 0 aliphatic carbocycles. The van der Waals surface area contributed by atoms with Gasteiger partial charge in [-0.15, -0.1) is 0 Å². The third kappa shape index (κ3) is 5.00. The number of fused-ring (bicyclic) bond motifs is 2. The van der Waals surface area contributed by atoms with Crippen molar-refractivity contribution in [2.24, 2.45) is 5.16 Å². The molecule has 1 aliphatic rings. The highest BCUT2D eigenvalue weighted by molar-refractivity contribution is 6.04. The topological polar surface area (TPSA) is 122 Å². The van der Waals surface area contributed by atoms with E-state index in [1.807, 2.05) is 0 Å². The molecule has 2 N–H and O–H groups in total. The predicted molar refractivity (Wildman–Crippen MR) is 148 cm³/mol. The molecule has 214 valence electrons.